The van der Waals surface area contributed by atoms with Crippen LogP contribution < -0.4 is 16.4 Å². The van der Waals surface area contributed by atoms with E-state index in [0.717, 1.165) is 5.56 Å². The summed E-state index contributed by atoms with van der Waals surface area (Å²) in [4.78, 5) is 22.8. The van der Waals surface area contributed by atoms with E-state index in [4.69, 9.17) is 26.8 Å². The Bertz CT molecular complexity index is 538. The normalized spacial score (nSPS) is 20.7. The lowest BCUT2D eigenvalue weighted by atomic mass is 10.1. The first-order valence-corrected chi connectivity index (χ1v) is 7.69. The molecule has 2 atom stereocenters. The highest BCUT2D eigenvalue weighted by Gasteiger charge is 2.28. The van der Waals surface area contributed by atoms with Crippen LogP contribution >= 0.6 is 11.6 Å². The zero-order chi connectivity index (χ0) is 16.7. The van der Waals surface area contributed by atoms with Gasteiger partial charge >= 0.3 is 6.03 Å². The Hall–Kier alpha value is -1.83. The Labute approximate surface area is 139 Å². The van der Waals surface area contributed by atoms with E-state index < -0.39 is 5.91 Å². The number of urea groups is 1. The number of amides is 3. The number of halogens is 1. The standard InChI is InChI=1S/C15H20ClN3O4/c16-11-3-1-10(2-4-11)7-18-15(21)19-12-8-22-6-5-13(12)23-9-14(17)20/h1-4,12-13H,5-9H2,(H2,17,20)(H2,18,19,21)/t12-,13+/m1/s1. The second-order valence-electron chi connectivity index (χ2n) is 5.24. The Kier molecular flexibility index (Phi) is 6.64. The Morgan fingerprint density at radius 2 is 2.09 bits per heavy atom. The fourth-order valence-corrected chi connectivity index (χ4v) is 2.37. The molecule has 0 saturated carbocycles. The van der Waals surface area contributed by atoms with Gasteiger partial charge in [0.1, 0.15) is 6.61 Å². The number of rotatable bonds is 6. The summed E-state index contributed by atoms with van der Waals surface area (Å²) >= 11 is 5.81. The molecular weight excluding hydrogens is 322 g/mol. The van der Waals surface area contributed by atoms with Crippen molar-refractivity contribution < 1.29 is 19.1 Å². The van der Waals surface area contributed by atoms with Crippen molar-refractivity contribution in [2.45, 2.75) is 25.1 Å². The smallest absolute Gasteiger partial charge is 0.315 e. The molecular formula is C15H20ClN3O4. The molecule has 0 radical (unpaired) electrons. The molecule has 0 unspecified atom stereocenters. The fraction of sp³-hybridized carbons (Fsp3) is 0.467. The van der Waals surface area contributed by atoms with Gasteiger partial charge in [-0.2, -0.15) is 0 Å². The van der Waals surface area contributed by atoms with Crippen LogP contribution in [0, 0.1) is 0 Å². The third kappa shape index (κ3) is 6.05. The monoisotopic (exact) mass is 341 g/mol. The maximum atomic E-state index is 12.0. The number of nitrogens with two attached hydrogens (primary N) is 1. The molecule has 3 amide bonds. The van der Waals surface area contributed by atoms with Crippen LogP contribution in [-0.2, 0) is 20.8 Å². The van der Waals surface area contributed by atoms with Crippen molar-refractivity contribution in [2.75, 3.05) is 19.8 Å². The summed E-state index contributed by atoms with van der Waals surface area (Å²) < 4.78 is 10.8. The highest BCUT2D eigenvalue weighted by atomic mass is 35.5. The highest BCUT2D eigenvalue weighted by molar-refractivity contribution is 6.30. The average molecular weight is 342 g/mol. The molecule has 126 valence electrons. The maximum Gasteiger partial charge on any atom is 0.315 e. The molecule has 1 heterocycles. The van der Waals surface area contributed by atoms with Crippen LogP contribution in [0.15, 0.2) is 24.3 Å². The average Bonchev–Trinajstić information content (AvgIpc) is 2.53. The van der Waals surface area contributed by atoms with Crippen molar-refractivity contribution in [2.24, 2.45) is 5.73 Å². The van der Waals surface area contributed by atoms with Crippen LogP contribution in [0.25, 0.3) is 0 Å². The van der Waals surface area contributed by atoms with Gasteiger partial charge in [-0.25, -0.2) is 4.79 Å². The number of carbonyl (C=O) groups is 2. The SMILES string of the molecule is NC(=O)CO[C@H]1CCOC[C@H]1NC(=O)NCc1ccc(Cl)cc1. The third-order valence-corrected chi connectivity index (χ3v) is 3.67. The van der Waals surface area contributed by atoms with Gasteiger partial charge in [-0.15, -0.1) is 0 Å². The maximum absolute atomic E-state index is 12.0. The summed E-state index contributed by atoms with van der Waals surface area (Å²) in [5, 5.41) is 6.20. The zero-order valence-electron chi connectivity index (χ0n) is 12.6. The molecule has 8 heteroatoms. The minimum absolute atomic E-state index is 0.171. The molecule has 1 saturated heterocycles. The summed E-state index contributed by atoms with van der Waals surface area (Å²) in [6.07, 6.45) is 0.299. The van der Waals surface area contributed by atoms with Crippen LogP contribution in [0.4, 0.5) is 4.79 Å². The number of hydrogen-bond donors (Lipinski definition) is 3. The van der Waals surface area contributed by atoms with Gasteiger partial charge in [0.2, 0.25) is 5.91 Å². The van der Waals surface area contributed by atoms with Crippen molar-refractivity contribution in [1.29, 1.82) is 0 Å². The summed E-state index contributed by atoms with van der Waals surface area (Å²) in [5.41, 5.74) is 6.01. The van der Waals surface area contributed by atoms with E-state index in [-0.39, 0.29) is 24.8 Å². The van der Waals surface area contributed by atoms with Gasteiger partial charge in [0, 0.05) is 18.2 Å². The van der Waals surface area contributed by atoms with E-state index in [1.807, 2.05) is 12.1 Å². The van der Waals surface area contributed by atoms with Crippen LogP contribution in [0.3, 0.4) is 0 Å². The van der Waals surface area contributed by atoms with E-state index in [2.05, 4.69) is 10.6 Å². The van der Waals surface area contributed by atoms with Crippen LogP contribution in [0.5, 0.6) is 0 Å². The number of ether oxygens (including phenoxy) is 2. The van der Waals surface area contributed by atoms with Crippen molar-refractivity contribution in [3.63, 3.8) is 0 Å². The molecule has 4 N–H and O–H groups in total. The van der Waals surface area contributed by atoms with Gasteiger partial charge in [0.25, 0.3) is 0 Å². The molecule has 1 aliphatic heterocycles. The van der Waals surface area contributed by atoms with E-state index in [0.29, 0.717) is 31.2 Å². The molecule has 1 aromatic rings. The predicted molar refractivity (Wildman–Crippen MR) is 85.0 cm³/mol. The number of nitrogens with one attached hydrogen (secondary N) is 2. The summed E-state index contributed by atoms with van der Waals surface area (Å²) in [6.45, 7) is 1.06. The number of carbonyl (C=O) groups excluding carboxylic acids is 2. The predicted octanol–water partition coefficient (Wildman–Crippen LogP) is 0.799. The van der Waals surface area contributed by atoms with Gasteiger partial charge in [-0.3, -0.25) is 4.79 Å². The Morgan fingerprint density at radius 1 is 1.35 bits per heavy atom. The van der Waals surface area contributed by atoms with Gasteiger partial charge < -0.3 is 25.8 Å². The Morgan fingerprint density at radius 3 is 2.78 bits per heavy atom. The van der Waals surface area contributed by atoms with Gasteiger partial charge in [-0.1, -0.05) is 23.7 Å². The van der Waals surface area contributed by atoms with Gasteiger partial charge in [0.05, 0.1) is 18.8 Å². The summed E-state index contributed by atoms with van der Waals surface area (Å²) in [5.74, 6) is -0.539. The molecule has 0 aromatic heterocycles. The third-order valence-electron chi connectivity index (χ3n) is 3.42. The summed E-state index contributed by atoms with van der Waals surface area (Å²) in [7, 11) is 0. The molecule has 0 aliphatic carbocycles. The molecule has 0 bridgehead atoms. The lowest BCUT2D eigenvalue weighted by Crippen LogP contribution is -2.53. The van der Waals surface area contributed by atoms with Gasteiger partial charge in [0.15, 0.2) is 0 Å². The van der Waals surface area contributed by atoms with E-state index in [1.54, 1.807) is 12.1 Å². The van der Waals surface area contributed by atoms with Crippen LogP contribution in [-0.4, -0.2) is 43.9 Å². The van der Waals surface area contributed by atoms with Crippen LogP contribution in [0.2, 0.25) is 5.02 Å². The topological polar surface area (TPSA) is 103 Å². The Balaban J connectivity index is 1.79. The van der Waals surface area contributed by atoms with Crippen LogP contribution in [0.1, 0.15) is 12.0 Å². The second-order valence-corrected chi connectivity index (χ2v) is 5.68. The minimum atomic E-state index is -0.539. The zero-order valence-corrected chi connectivity index (χ0v) is 13.3. The second kappa shape index (κ2) is 8.71. The first-order chi connectivity index (χ1) is 11.0. The molecule has 23 heavy (non-hydrogen) atoms. The first kappa shape index (κ1) is 17.5. The number of hydrogen-bond acceptors (Lipinski definition) is 4. The largest absolute Gasteiger partial charge is 0.379 e. The summed E-state index contributed by atoms with van der Waals surface area (Å²) in [6, 6.07) is 6.55. The molecule has 2 rings (SSSR count). The number of benzene rings is 1. The van der Waals surface area contributed by atoms with Crippen molar-refractivity contribution in [3.8, 4) is 0 Å². The van der Waals surface area contributed by atoms with Gasteiger partial charge in [-0.05, 0) is 24.1 Å². The highest BCUT2D eigenvalue weighted by Crippen LogP contribution is 2.12. The molecule has 1 aromatic carbocycles. The quantitative estimate of drug-likeness (QED) is 0.712. The van der Waals surface area contributed by atoms with E-state index >= 15 is 0 Å². The molecule has 1 aliphatic rings. The molecule has 0 spiro atoms. The lowest BCUT2D eigenvalue weighted by molar-refractivity contribution is -0.128. The van der Waals surface area contributed by atoms with E-state index in [9.17, 15) is 9.59 Å². The van der Waals surface area contributed by atoms with Crippen molar-refractivity contribution in [1.82, 2.24) is 10.6 Å². The number of primary amides is 1. The van der Waals surface area contributed by atoms with Crippen molar-refractivity contribution in [3.05, 3.63) is 34.9 Å². The molecule has 7 nitrogen and oxygen atoms in total. The molecule has 1 fully saturated rings. The fourth-order valence-electron chi connectivity index (χ4n) is 2.25. The van der Waals surface area contributed by atoms with E-state index in [1.165, 1.54) is 0 Å². The minimum Gasteiger partial charge on any atom is -0.379 e. The first-order valence-electron chi connectivity index (χ1n) is 7.31. The van der Waals surface area contributed by atoms with Crippen molar-refractivity contribution >= 4 is 23.5 Å². The lowest BCUT2D eigenvalue weighted by Gasteiger charge is -2.31.